The molecule has 1 N–H and O–H groups in total. The van der Waals surface area contributed by atoms with E-state index >= 15 is 0 Å². The van der Waals surface area contributed by atoms with Gasteiger partial charge in [0.05, 0.1) is 5.92 Å². The fourth-order valence-electron chi connectivity index (χ4n) is 1.55. The smallest absolute Gasteiger partial charge is 0.307 e. The molecule has 0 amide bonds. The molecule has 0 aliphatic rings. The molecule has 1 aromatic carbocycles. The van der Waals surface area contributed by atoms with Crippen LogP contribution in [-0.4, -0.2) is 11.1 Å². The number of carbonyl (C=O) groups is 1. The van der Waals surface area contributed by atoms with E-state index < -0.39 is 5.97 Å². The SMILES string of the molecule is CC(C)=CC[C@H](Cc1ccc(Cl)cc1)C(=O)O. The monoisotopic (exact) mass is 252 g/mol. The number of hydrogen-bond donors (Lipinski definition) is 1. The van der Waals surface area contributed by atoms with Gasteiger partial charge in [-0.3, -0.25) is 4.79 Å². The molecule has 3 heteroatoms. The Kier molecular flexibility index (Phi) is 5.23. The van der Waals surface area contributed by atoms with E-state index in [0.717, 1.165) is 11.1 Å². The van der Waals surface area contributed by atoms with Crippen LogP contribution in [0.5, 0.6) is 0 Å². The van der Waals surface area contributed by atoms with Gasteiger partial charge in [0.1, 0.15) is 0 Å². The minimum absolute atomic E-state index is 0.369. The number of carboxylic acids is 1. The molecular weight excluding hydrogens is 236 g/mol. The van der Waals surface area contributed by atoms with Gasteiger partial charge in [0.15, 0.2) is 0 Å². The molecule has 0 heterocycles. The van der Waals surface area contributed by atoms with Crippen LogP contribution in [0.1, 0.15) is 25.8 Å². The molecule has 0 aliphatic heterocycles. The lowest BCUT2D eigenvalue weighted by Gasteiger charge is -2.10. The number of halogens is 1. The molecular formula is C14H17ClO2. The average Bonchev–Trinajstić information content (AvgIpc) is 2.26. The van der Waals surface area contributed by atoms with Crippen LogP contribution in [0.25, 0.3) is 0 Å². The molecule has 0 saturated heterocycles. The second-order valence-corrected chi connectivity index (χ2v) is 4.82. The van der Waals surface area contributed by atoms with Crippen LogP contribution in [0.2, 0.25) is 5.02 Å². The zero-order chi connectivity index (χ0) is 12.8. The highest BCUT2D eigenvalue weighted by molar-refractivity contribution is 6.30. The van der Waals surface area contributed by atoms with Crippen LogP contribution >= 0.6 is 11.6 Å². The van der Waals surface area contributed by atoms with Crippen LogP contribution in [-0.2, 0) is 11.2 Å². The second kappa shape index (κ2) is 6.45. The number of rotatable bonds is 5. The van der Waals surface area contributed by atoms with E-state index in [1.165, 1.54) is 0 Å². The van der Waals surface area contributed by atoms with E-state index in [0.29, 0.717) is 17.9 Å². The molecule has 0 radical (unpaired) electrons. The standard InChI is InChI=1S/C14H17ClO2/c1-10(2)3-6-12(14(16)17)9-11-4-7-13(15)8-5-11/h3-5,7-8,12H,6,9H2,1-2H3,(H,16,17)/t12-/m1/s1. The second-order valence-electron chi connectivity index (χ2n) is 4.38. The summed E-state index contributed by atoms with van der Waals surface area (Å²) >= 11 is 5.79. The van der Waals surface area contributed by atoms with Gasteiger partial charge >= 0.3 is 5.97 Å². The Balaban J connectivity index is 2.70. The molecule has 92 valence electrons. The van der Waals surface area contributed by atoms with Crippen LogP contribution in [0.4, 0.5) is 0 Å². The van der Waals surface area contributed by atoms with Crippen LogP contribution in [0.15, 0.2) is 35.9 Å². The van der Waals surface area contributed by atoms with Crippen molar-refractivity contribution >= 4 is 17.6 Å². The molecule has 1 rings (SSSR count). The lowest BCUT2D eigenvalue weighted by atomic mass is 9.95. The summed E-state index contributed by atoms with van der Waals surface area (Å²) < 4.78 is 0. The van der Waals surface area contributed by atoms with Gasteiger partial charge in [-0.05, 0) is 44.4 Å². The van der Waals surface area contributed by atoms with Crippen molar-refractivity contribution in [1.29, 1.82) is 0 Å². The average molecular weight is 253 g/mol. The number of allylic oxidation sites excluding steroid dienone is 2. The van der Waals surface area contributed by atoms with Gasteiger partial charge in [0.25, 0.3) is 0 Å². The minimum Gasteiger partial charge on any atom is -0.481 e. The van der Waals surface area contributed by atoms with E-state index in [2.05, 4.69) is 0 Å². The Labute approximate surface area is 107 Å². The number of benzene rings is 1. The molecule has 0 aromatic heterocycles. The van der Waals surface area contributed by atoms with Crippen LogP contribution in [0.3, 0.4) is 0 Å². The van der Waals surface area contributed by atoms with Crippen molar-refractivity contribution in [2.45, 2.75) is 26.7 Å². The molecule has 17 heavy (non-hydrogen) atoms. The van der Waals surface area contributed by atoms with Gasteiger partial charge < -0.3 is 5.11 Å². The Morgan fingerprint density at radius 1 is 1.35 bits per heavy atom. The number of hydrogen-bond acceptors (Lipinski definition) is 1. The molecule has 0 unspecified atom stereocenters. The summed E-state index contributed by atoms with van der Waals surface area (Å²) in [5.74, 6) is -1.12. The van der Waals surface area contributed by atoms with Gasteiger partial charge in [-0.2, -0.15) is 0 Å². The van der Waals surface area contributed by atoms with Gasteiger partial charge in [0, 0.05) is 5.02 Å². The predicted octanol–water partition coefficient (Wildman–Crippen LogP) is 3.94. The maximum atomic E-state index is 11.1. The van der Waals surface area contributed by atoms with E-state index in [1.807, 2.05) is 32.1 Å². The summed E-state index contributed by atoms with van der Waals surface area (Å²) in [6, 6.07) is 7.33. The van der Waals surface area contributed by atoms with Crippen molar-refractivity contribution in [1.82, 2.24) is 0 Å². The number of carboxylic acid groups (broad SMARTS) is 1. The first-order valence-electron chi connectivity index (χ1n) is 5.59. The maximum absolute atomic E-state index is 11.1. The molecule has 0 fully saturated rings. The zero-order valence-electron chi connectivity index (χ0n) is 10.1. The van der Waals surface area contributed by atoms with Crippen LogP contribution < -0.4 is 0 Å². The predicted molar refractivity (Wildman–Crippen MR) is 70.3 cm³/mol. The van der Waals surface area contributed by atoms with Gasteiger partial charge in [-0.1, -0.05) is 35.4 Å². The highest BCUT2D eigenvalue weighted by Gasteiger charge is 2.16. The minimum atomic E-state index is -0.752. The molecule has 0 aliphatic carbocycles. The molecule has 0 saturated carbocycles. The highest BCUT2D eigenvalue weighted by atomic mass is 35.5. The number of aliphatic carboxylic acids is 1. The van der Waals surface area contributed by atoms with Crippen molar-refractivity contribution in [3.05, 3.63) is 46.5 Å². The van der Waals surface area contributed by atoms with Crippen molar-refractivity contribution in [2.75, 3.05) is 0 Å². The van der Waals surface area contributed by atoms with Crippen molar-refractivity contribution in [2.24, 2.45) is 5.92 Å². The lowest BCUT2D eigenvalue weighted by molar-refractivity contribution is -0.141. The molecule has 0 spiro atoms. The summed E-state index contributed by atoms with van der Waals surface area (Å²) in [5.41, 5.74) is 2.15. The van der Waals surface area contributed by atoms with Crippen LogP contribution in [0, 0.1) is 5.92 Å². The zero-order valence-corrected chi connectivity index (χ0v) is 10.9. The van der Waals surface area contributed by atoms with E-state index in [4.69, 9.17) is 16.7 Å². The lowest BCUT2D eigenvalue weighted by Crippen LogP contribution is -2.15. The topological polar surface area (TPSA) is 37.3 Å². The quantitative estimate of drug-likeness (QED) is 0.806. The molecule has 0 bridgehead atoms. The highest BCUT2D eigenvalue weighted by Crippen LogP contribution is 2.17. The normalized spacial score (nSPS) is 11.9. The first kappa shape index (κ1) is 13.8. The third-order valence-corrected chi connectivity index (χ3v) is 2.81. The van der Waals surface area contributed by atoms with Gasteiger partial charge in [-0.25, -0.2) is 0 Å². The molecule has 2 nitrogen and oxygen atoms in total. The van der Waals surface area contributed by atoms with E-state index in [9.17, 15) is 4.79 Å². The van der Waals surface area contributed by atoms with E-state index in [1.54, 1.807) is 12.1 Å². The summed E-state index contributed by atoms with van der Waals surface area (Å²) in [7, 11) is 0. The van der Waals surface area contributed by atoms with Crippen molar-refractivity contribution in [3.63, 3.8) is 0 Å². The third-order valence-electron chi connectivity index (χ3n) is 2.56. The first-order valence-corrected chi connectivity index (χ1v) is 5.97. The fraction of sp³-hybridized carbons (Fsp3) is 0.357. The Hall–Kier alpha value is -1.28. The van der Waals surface area contributed by atoms with Crippen molar-refractivity contribution in [3.8, 4) is 0 Å². The largest absolute Gasteiger partial charge is 0.481 e. The van der Waals surface area contributed by atoms with E-state index in [-0.39, 0.29) is 5.92 Å². The summed E-state index contributed by atoms with van der Waals surface area (Å²) in [4.78, 5) is 11.1. The maximum Gasteiger partial charge on any atom is 0.307 e. The Bertz CT molecular complexity index is 403. The Morgan fingerprint density at radius 3 is 2.41 bits per heavy atom. The first-order chi connectivity index (χ1) is 7.99. The summed E-state index contributed by atoms with van der Waals surface area (Å²) in [6.45, 7) is 3.95. The molecule has 1 atom stereocenters. The summed E-state index contributed by atoms with van der Waals surface area (Å²) in [5, 5.41) is 9.82. The summed E-state index contributed by atoms with van der Waals surface area (Å²) in [6.07, 6.45) is 3.07. The fourth-order valence-corrected chi connectivity index (χ4v) is 1.68. The van der Waals surface area contributed by atoms with Gasteiger partial charge in [0.2, 0.25) is 0 Å². The van der Waals surface area contributed by atoms with Gasteiger partial charge in [-0.15, -0.1) is 0 Å². The molecule has 1 aromatic rings. The van der Waals surface area contributed by atoms with Crippen molar-refractivity contribution < 1.29 is 9.90 Å². The Morgan fingerprint density at radius 2 is 1.94 bits per heavy atom. The third kappa shape index (κ3) is 5.05.